The van der Waals surface area contributed by atoms with Crippen molar-refractivity contribution in [2.75, 3.05) is 12.3 Å². The maximum atomic E-state index is 11.7. The molecule has 1 aliphatic rings. The second kappa shape index (κ2) is 4.52. The van der Waals surface area contributed by atoms with Gasteiger partial charge in [0.1, 0.15) is 18.3 Å². The molecule has 10 heteroatoms. The first kappa shape index (κ1) is 13.0. The maximum Gasteiger partial charge on any atom is 0.280 e. The van der Waals surface area contributed by atoms with Gasteiger partial charge in [0.05, 0.1) is 12.9 Å². The number of fused-ring (bicyclic) bond motifs is 1. The number of nitrogens with one attached hydrogen (secondary N) is 1. The summed E-state index contributed by atoms with van der Waals surface area (Å²) in [6.45, 7) is -0.447. The highest BCUT2D eigenvalue weighted by atomic mass is 16.8. The van der Waals surface area contributed by atoms with Gasteiger partial charge in [-0.05, 0) is 0 Å². The molecule has 0 saturated carbocycles. The van der Waals surface area contributed by atoms with Crippen LogP contribution in [-0.2, 0) is 4.74 Å². The Morgan fingerprint density at radius 2 is 2.30 bits per heavy atom. The summed E-state index contributed by atoms with van der Waals surface area (Å²) in [6, 6.07) is 0. The largest absolute Gasteiger partial charge is 0.394 e. The molecule has 3 rings (SSSR count). The molecule has 2 aromatic heterocycles. The average Bonchev–Trinajstić information content (AvgIpc) is 2.93. The molecule has 1 saturated heterocycles. The zero-order chi connectivity index (χ0) is 14.4. The Bertz CT molecular complexity index is 697. The van der Waals surface area contributed by atoms with E-state index in [-0.39, 0.29) is 17.1 Å². The van der Waals surface area contributed by atoms with Crippen LogP contribution in [0.2, 0.25) is 0 Å². The Hall–Kier alpha value is -2.01. The fourth-order valence-corrected chi connectivity index (χ4v) is 2.24. The van der Waals surface area contributed by atoms with E-state index in [9.17, 15) is 15.0 Å². The first-order valence-corrected chi connectivity index (χ1v) is 5.87. The number of hydrogen-bond acceptors (Lipinski definition) is 8. The molecule has 108 valence electrons. The summed E-state index contributed by atoms with van der Waals surface area (Å²) in [6.07, 6.45) is -3.21. The minimum absolute atomic E-state index is 0.0388. The normalized spacial score (nSPS) is 30.1. The van der Waals surface area contributed by atoms with Gasteiger partial charge >= 0.3 is 0 Å². The average molecular weight is 285 g/mol. The molecule has 0 aliphatic carbocycles. The molecule has 1 aliphatic heterocycles. The molecule has 0 bridgehead atoms. The Morgan fingerprint density at radius 3 is 2.95 bits per heavy atom. The van der Waals surface area contributed by atoms with E-state index >= 15 is 0 Å². The van der Waals surface area contributed by atoms with Crippen molar-refractivity contribution < 1.29 is 20.1 Å². The van der Waals surface area contributed by atoms with Crippen molar-refractivity contribution in [3.8, 4) is 0 Å². The third-order valence-electron chi connectivity index (χ3n) is 3.24. The molecule has 20 heavy (non-hydrogen) atoms. The van der Waals surface area contributed by atoms with Crippen molar-refractivity contribution in [1.29, 1.82) is 0 Å². The Kier molecular flexibility index (Phi) is 2.94. The highest BCUT2D eigenvalue weighted by Gasteiger charge is 2.44. The molecule has 6 N–H and O–H groups in total. The molecule has 0 unspecified atom stereocenters. The van der Waals surface area contributed by atoms with Crippen LogP contribution in [0, 0.1) is 0 Å². The fourth-order valence-electron chi connectivity index (χ4n) is 2.24. The van der Waals surface area contributed by atoms with Gasteiger partial charge in [0.2, 0.25) is 5.95 Å². The molecule has 0 aromatic carbocycles. The summed E-state index contributed by atoms with van der Waals surface area (Å²) in [5.41, 5.74) is 5.12. The van der Waals surface area contributed by atoms with Crippen LogP contribution in [0.4, 0.5) is 5.95 Å². The summed E-state index contributed by atoms with van der Waals surface area (Å²) < 4.78 is 6.64. The van der Waals surface area contributed by atoms with Crippen LogP contribution in [0.15, 0.2) is 11.1 Å². The zero-order valence-electron chi connectivity index (χ0n) is 10.2. The third-order valence-corrected chi connectivity index (χ3v) is 3.24. The van der Waals surface area contributed by atoms with E-state index in [0.29, 0.717) is 0 Å². The smallest absolute Gasteiger partial charge is 0.280 e. The lowest BCUT2D eigenvalue weighted by Crippen LogP contribution is -2.33. The summed E-state index contributed by atoms with van der Waals surface area (Å²) in [4.78, 5) is 21.8. The second-order valence-corrected chi connectivity index (χ2v) is 4.50. The quantitative estimate of drug-likeness (QED) is 0.399. The summed E-state index contributed by atoms with van der Waals surface area (Å²) in [7, 11) is 0. The molecular formula is C10H13N5O5. The summed E-state index contributed by atoms with van der Waals surface area (Å²) >= 11 is 0. The van der Waals surface area contributed by atoms with Crippen LogP contribution >= 0.6 is 0 Å². The molecule has 4 atom stereocenters. The topological polar surface area (TPSA) is 160 Å². The van der Waals surface area contributed by atoms with Gasteiger partial charge in [-0.2, -0.15) is 4.98 Å². The predicted molar refractivity (Wildman–Crippen MR) is 65.6 cm³/mol. The number of nitrogens with zero attached hydrogens (tertiary/aromatic N) is 3. The first-order chi connectivity index (χ1) is 9.52. The SMILES string of the molecule is Nc1nc2c(ncn2[14C@@H]2O[C@H](CO)[C@@H](O)[C@H]2O)c(=O)[nH]1. The third kappa shape index (κ3) is 1.78. The summed E-state index contributed by atoms with van der Waals surface area (Å²) in [5.74, 6) is -0.101. The zero-order valence-corrected chi connectivity index (χ0v) is 10.2. The van der Waals surface area contributed by atoms with Crippen LogP contribution in [0.5, 0.6) is 0 Å². The minimum Gasteiger partial charge on any atom is -0.394 e. The highest BCUT2D eigenvalue weighted by molar-refractivity contribution is 5.70. The van der Waals surface area contributed by atoms with Gasteiger partial charge in [0.25, 0.3) is 5.56 Å². The highest BCUT2D eigenvalue weighted by Crippen LogP contribution is 2.30. The van der Waals surface area contributed by atoms with E-state index in [0.717, 1.165) is 0 Å². The molecule has 1 fully saturated rings. The number of H-pyrrole nitrogens is 1. The number of nitrogens with two attached hydrogens (primary N) is 1. The monoisotopic (exact) mass is 285 g/mol. The number of aromatic nitrogens is 4. The number of ether oxygens (including phenoxy) is 1. The van der Waals surface area contributed by atoms with Crippen LogP contribution in [0.3, 0.4) is 0 Å². The molecule has 0 spiro atoms. The molecule has 0 amide bonds. The van der Waals surface area contributed by atoms with Crippen molar-refractivity contribution >= 4 is 17.1 Å². The number of aliphatic hydroxyl groups is 3. The standard InChI is InChI=1S/C10H13N5O5/c11-10-13-7-4(8(19)14-10)12-2-15(7)9-6(18)5(17)3(1-16)20-9/h2-3,5-6,9,16-18H,1H2,(H3,11,13,14,19)/t3-,5-,6-,9-/m1/s1/i9+2. The minimum atomic E-state index is -1.29. The van der Waals surface area contributed by atoms with E-state index in [1.165, 1.54) is 10.9 Å². The van der Waals surface area contributed by atoms with Crippen LogP contribution in [0.1, 0.15) is 6.23 Å². The predicted octanol–water partition coefficient (Wildman–Crippen LogP) is -2.69. The van der Waals surface area contributed by atoms with E-state index in [1.807, 2.05) is 0 Å². The van der Waals surface area contributed by atoms with Crippen LogP contribution in [-0.4, -0.2) is 59.8 Å². The van der Waals surface area contributed by atoms with Crippen molar-refractivity contribution in [2.45, 2.75) is 24.5 Å². The first-order valence-electron chi connectivity index (χ1n) is 5.87. The second-order valence-electron chi connectivity index (χ2n) is 4.50. The lowest BCUT2D eigenvalue weighted by atomic mass is 10.2. The van der Waals surface area contributed by atoms with Crippen molar-refractivity contribution in [1.82, 2.24) is 19.5 Å². The van der Waals surface area contributed by atoms with Crippen LogP contribution in [0.25, 0.3) is 11.2 Å². The Labute approximate surface area is 111 Å². The van der Waals surface area contributed by atoms with Crippen LogP contribution < -0.4 is 11.3 Å². The number of aliphatic hydroxyl groups excluding tert-OH is 3. The number of nitrogen functional groups attached to an aromatic ring is 1. The fraction of sp³-hybridized carbons (Fsp3) is 0.500. The van der Waals surface area contributed by atoms with Gasteiger partial charge in [-0.1, -0.05) is 0 Å². The number of imidazole rings is 1. The number of hydrogen-bond donors (Lipinski definition) is 5. The van der Waals surface area contributed by atoms with Gasteiger partial charge in [-0.3, -0.25) is 14.3 Å². The van der Waals surface area contributed by atoms with E-state index < -0.39 is 36.7 Å². The van der Waals surface area contributed by atoms with Gasteiger partial charge in [-0.25, -0.2) is 4.98 Å². The van der Waals surface area contributed by atoms with E-state index in [1.54, 1.807) is 0 Å². The maximum absolute atomic E-state index is 11.7. The molecule has 10 nitrogen and oxygen atoms in total. The van der Waals surface area contributed by atoms with Gasteiger partial charge < -0.3 is 25.8 Å². The summed E-state index contributed by atoms with van der Waals surface area (Å²) in [5, 5.41) is 28.7. The lowest BCUT2D eigenvalue weighted by molar-refractivity contribution is -0.0511. The van der Waals surface area contributed by atoms with Gasteiger partial charge in [0.15, 0.2) is 17.4 Å². The Balaban J connectivity index is 2.09. The van der Waals surface area contributed by atoms with Crippen molar-refractivity contribution in [3.05, 3.63) is 16.7 Å². The van der Waals surface area contributed by atoms with E-state index in [4.69, 9.17) is 15.6 Å². The van der Waals surface area contributed by atoms with Gasteiger partial charge in [-0.15, -0.1) is 0 Å². The number of anilines is 1. The van der Waals surface area contributed by atoms with Gasteiger partial charge in [0, 0.05) is 0 Å². The Morgan fingerprint density at radius 1 is 1.55 bits per heavy atom. The molecule has 0 radical (unpaired) electrons. The number of aromatic amines is 1. The van der Waals surface area contributed by atoms with Crippen molar-refractivity contribution in [3.63, 3.8) is 0 Å². The van der Waals surface area contributed by atoms with E-state index in [2.05, 4.69) is 15.0 Å². The molecule has 2 aromatic rings. The number of rotatable bonds is 2. The van der Waals surface area contributed by atoms with Crippen molar-refractivity contribution in [2.24, 2.45) is 0 Å². The lowest BCUT2D eigenvalue weighted by Gasteiger charge is -2.16. The molecular weight excluding hydrogens is 272 g/mol. The molecule has 3 heterocycles.